The first kappa shape index (κ1) is 22.7. The molecule has 0 bridgehead atoms. The summed E-state index contributed by atoms with van der Waals surface area (Å²) in [5.74, 6) is 0.550. The van der Waals surface area contributed by atoms with Crippen LogP contribution in [0.4, 0.5) is 5.69 Å². The summed E-state index contributed by atoms with van der Waals surface area (Å²) in [5.41, 5.74) is 2.80. The summed E-state index contributed by atoms with van der Waals surface area (Å²) in [4.78, 5) is 29.5. The topological polar surface area (TPSA) is 61.9 Å². The molecule has 1 heterocycles. The van der Waals surface area contributed by atoms with Gasteiger partial charge in [-0.1, -0.05) is 45.0 Å². The van der Waals surface area contributed by atoms with Gasteiger partial charge in [0.05, 0.1) is 12.8 Å². The van der Waals surface area contributed by atoms with E-state index in [0.717, 1.165) is 24.5 Å². The van der Waals surface area contributed by atoms with E-state index < -0.39 is 6.04 Å². The lowest BCUT2D eigenvalue weighted by Crippen LogP contribution is -2.54. The molecule has 31 heavy (non-hydrogen) atoms. The monoisotopic (exact) mass is 423 g/mol. The molecule has 0 aromatic heterocycles. The summed E-state index contributed by atoms with van der Waals surface area (Å²) in [5, 5.41) is 2.85. The van der Waals surface area contributed by atoms with Gasteiger partial charge in [-0.25, -0.2) is 0 Å². The zero-order valence-electron chi connectivity index (χ0n) is 19.1. The largest absolute Gasteiger partial charge is 0.495 e. The summed E-state index contributed by atoms with van der Waals surface area (Å²) in [6.07, 6.45) is 0. The Morgan fingerprint density at radius 1 is 0.968 bits per heavy atom. The molecule has 1 unspecified atom stereocenters. The molecule has 2 aromatic rings. The van der Waals surface area contributed by atoms with Crippen molar-refractivity contribution >= 4 is 17.5 Å². The molecule has 6 heteroatoms. The maximum atomic E-state index is 12.9. The van der Waals surface area contributed by atoms with Crippen molar-refractivity contribution in [1.82, 2.24) is 10.2 Å². The first-order valence-electron chi connectivity index (χ1n) is 10.8. The van der Waals surface area contributed by atoms with Gasteiger partial charge in [-0.05, 0) is 42.2 Å². The number of para-hydroxylation sites is 2. The van der Waals surface area contributed by atoms with Crippen molar-refractivity contribution < 1.29 is 14.3 Å². The second-order valence-electron chi connectivity index (χ2n) is 9.01. The van der Waals surface area contributed by atoms with Crippen LogP contribution in [0.2, 0.25) is 0 Å². The number of anilines is 1. The van der Waals surface area contributed by atoms with Crippen molar-refractivity contribution in [3.05, 3.63) is 59.7 Å². The number of amides is 2. The van der Waals surface area contributed by atoms with E-state index >= 15 is 0 Å². The van der Waals surface area contributed by atoms with Gasteiger partial charge >= 0.3 is 0 Å². The third kappa shape index (κ3) is 5.37. The van der Waals surface area contributed by atoms with E-state index in [1.807, 2.05) is 53.4 Å². The van der Waals surface area contributed by atoms with Crippen LogP contribution in [0.5, 0.6) is 5.75 Å². The summed E-state index contributed by atoms with van der Waals surface area (Å²) in [6.45, 7) is 10.8. The lowest BCUT2D eigenvalue weighted by Gasteiger charge is -2.37. The Bertz CT molecular complexity index is 910. The fourth-order valence-electron chi connectivity index (χ4n) is 3.80. The number of hydrogen-bond acceptors (Lipinski definition) is 4. The highest BCUT2D eigenvalue weighted by Crippen LogP contribution is 2.28. The average Bonchev–Trinajstić information content (AvgIpc) is 2.78. The SMILES string of the molecule is COc1ccccc1N1CCN(C(=O)C(C)NC(=O)c2ccc(C(C)(C)C)cc2)CC1. The van der Waals surface area contributed by atoms with Gasteiger partial charge in [-0.3, -0.25) is 9.59 Å². The molecule has 1 aliphatic rings. The highest BCUT2D eigenvalue weighted by atomic mass is 16.5. The number of methoxy groups -OCH3 is 1. The molecule has 1 saturated heterocycles. The van der Waals surface area contributed by atoms with Gasteiger partial charge in [0.25, 0.3) is 5.91 Å². The molecule has 0 saturated carbocycles. The molecule has 6 nitrogen and oxygen atoms in total. The normalized spacial score (nSPS) is 15.4. The van der Waals surface area contributed by atoms with Crippen LogP contribution in [0.15, 0.2) is 48.5 Å². The maximum Gasteiger partial charge on any atom is 0.251 e. The van der Waals surface area contributed by atoms with E-state index in [4.69, 9.17) is 4.74 Å². The molecule has 0 spiro atoms. The smallest absolute Gasteiger partial charge is 0.251 e. The Labute approximate surface area is 185 Å². The standard InChI is InChI=1S/C25H33N3O3/c1-18(26-23(29)19-10-12-20(13-11-19)25(2,3)4)24(30)28-16-14-27(15-17-28)21-8-6-7-9-22(21)31-5/h6-13,18H,14-17H2,1-5H3,(H,26,29). The van der Waals surface area contributed by atoms with Crippen LogP contribution in [-0.4, -0.2) is 56.0 Å². The number of ether oxygens (including phenoxy) is 1. The Balaban J connectivity index is 1.55. The molecule has 1 fully saturated rings. The van der Waals surface area contributed by atoms with Crippen LogP contribution in [0.3, 0.4) is 0 Å². The molecule has 1 atom stereocenters. The van der Waals surface area contributed by atoms with E-state index in [2.05, 4.69) is 31.0 Å². The zero-order chi connectivity index (χ0) is 22.6. The molecule has 0 aliphatic carbocycles. The Kier molecular flexibility index (Phi) is 6.88. The fourth-order valence-corrected chi connectivity index (χ4v) is 3.80. The number of piperazine rings is 1. The van der Waals surface area contributed by atoms with Crippen LogP contribution in [-0.2, 0) is 10.2 Å². The summed E-state index contributed by atoms with van der Waals surface area (Å²) in [7, 11) is 1.67. The summed E-state index contributed by atoms with van der Waals surface area (Å²) >= 11 is 0. The van der Waals surface area contributed by atoms with E-state index in [1.165, 1.54) is 5.56 Å². The van der Waals surface area contributed by atoms with Gasteiger partial charge in [0.1, 0.15) is 11.8 Å². The minimum Gasteiger partial charge on any atom is -0.495 e. The number of nitrogens with one attached hydrogen (secondary N) is 1. The molecule has 166 valence electrons. The van der Waals surface area contributed by atoms with E-state index in [1.54, 1.807) is 14.0 Å². The van der Waals surface area contributed by atoms with Gasteiger partial charge in [0.2, 0.25) is 5.91 Å². The highest BCUT2D eigenvalue weighted by Gasteiger charge is 2.27. The maximum absolute atomic E-state index is 12.9. The Hall–Kier alpha value is -3.02. The Morgan fingerprint density at radius 2 is 1.58 bits per heavy atom. The van der Waals surface area contributed by atoms with Crippen molar-refractivity contribution in [1.29, 1.82) is 0 Å². The number of carbonyl (C=O) groups excluding carboxylic acids is 2. The summed E-state index contributed by atoms with van der Waals surface area (Å²) < 4.78 is 5.45. The molecular weight excluding hydrogens is 390 g/mol. The quantitative estimate of drug-likeness (QED) is 0.800. The van der Waals surface area contributed by atoms with Crippen LogP contribution in [0.1, 0.15) is 43.6 Å². The summed E-state index contributed by atoms with van der Waals surface area (Å²) in [6, 6.07) is 14.9. The van der Waals surface area contributed by atoms with Gasteiger partial charge in [0, 0.05) is 31.7 Å². The molecule has 1 N–H and O–H groups in total. The zero-order valence-corrected chi connectivity index (χ0v) is 19.1. The van der Waals surface area contributed by atoms with E-state index in [9.17, 15) is 9.59 Å². The van der Waals surface area contributed by atoms with Gasteiger partial charge in [0.15, 0.2) is 0 Å². The molecule has 3 rings (SSSR count). The van der Waals surface area contributed by atoms with E-state index in [0.29, 0.717) is 18.7 Å². The van der Waals surface area contributed by atoms with Crippen LogP contribution < -0.4 is 15.0 Å². The predicted molar refractivity (Wildman–Crippen MR) is 124 cm³/mol. The number of benzene rings is 2. The van der Waals surface area contributed by atoms with Gasteiger partial charge in [-0.15, -0.1) is 0 Å². The predicted octanol–water partition coefficient (Wildman–Crippen LogP) is 3.46. The lowest BCUT2D eigenvalue weighted by molar-refractivity contribution is -0.133. The Morgan fingerprint density at radius 3 is 2.16 bits per heavy atom. The van der Waals surface area contributed by atoms with Crippen molar-refractivity contribution in [2.75, 3.05) is 38.2 Å². The third-order valence-electron chi connectivity index (χ3n) is 5.75. The number of rotatable bonds is 5. The lowest BCUT2D eigenvalue weighted by atomic mass is 9.86. The first-order chi connectivity index (χ1) is 14.7. The fraction of sp³-hybridized carbons (Fsp3) is 0.440. The van der Waals surface area contributed by atoms with Crippen molar-refractivity contribution in [2.24, 2.45) is 0 Å². The van der Waals surface area contributed by atoms with Crippen LogP contribution in [0, 0.1) is 0 Å². The minimum atomic E-state index is -0.576. The number of hydrogen-bond donors (Lipinski definition) is 1. The van der Waals surface area contributed by atoms with E-state index in [-0.39, 0.29) is 17.2 Å². The van der Waals surface area contributed by atoms with Gasteiger partial charge in [-0.2, -0.15) is 0 Å². The second kappa shape index (κ2) is 9.41. The third-order valence-corrected chi connectivity index (χ3v) is 5.75. The van der Waals surface area contributed by atoms with Crippen molar-refractivity contribution in [3.8, 4) is 5.75 Å². The van der Waals surface area contributed by atoms with Crippen molar-refractivity contribution in [3.63, 3.8) is 0 Å². The number of nitrogens with zero attached hydrogens (tertiary/aromatic N) is 2. The molecule has 2 amide bonds. The molecule has 2 aromatic carbocycles. The van der Waals surface area contributed by atoms with Crippen LogP contribution in [0.25, 0.3) is 0 Å². The minimum absolute atomic E-state index is 0.0319. The molecule has 1 aliphatic heterocycles. The highest BCUT2D eigenvalue weighted by molar-refractivity contribution is 5.97. The molecular formula is C25H33N3O3. The van der Waals surface area contributed by atoms with Crippen LogP contribution >= 0.6 is 0 Å². The number of carbonyl (C=O) groups is 2. The van der Waals surface area contributed by atoms with Gasteiger partial charge < -0.3 is 19.9 Å². The average molecular weight is 424 g/mol. The molecule has 0 radical (unpaired) electrons. The first-order valence-corrected chi connectivity index (χ1v) is 10.8. The van der Waals surface area contributed by atoms with Crippen molar-refractivity contribution in [2.45, 2.75) is 39.2 Å². The second-order valence-corrected chi connectivity index (χ2v) is 9.01.